The smallest absolute Gasteiger partial charge is 0.302 e. The largest absolute Gasteiger partial charge is 0.506 e. The molecule has 0 aromatic heterocycles. The number of carbonyl (C=O) groups is 4. The molecule has 5 atom stereocenters. The van der Waals surface area contributed by atoms with Gasteiger partial charge in [0.1, 0.15) is 35.0 Å². The molecule has 5 rings (SSSR count). The summed E-state index contributed by atoms with van der Waals surface area (Å²) in [6.07, 6.45) is 13.0. The Hall–Kier alpha value is -4.44. The molecule has 286 valence electrons. The predicted octanol–water partition coefficient (Wildman–Crippen LogP) is 7.47. The summed E-state index contributed by atoms with van der Waals surface area (Å²) in [5.41, 5.74) is -1.10. The van der Waals surface area contributed by atoms with E-state index < -0.39 is 51.9 Å². The molecular weight excluding hydrogens is 674 g/mol. The highest BCUT2D eigenvalue weighted by atomic mass is 16.6. The van der Waals surface area contributed by atoms with E-state index in [9.17, 15) is 19.5 Å². The van der Waals surface area contributed by atoms with E-state index in [0.29, 0.717) is 35.3 Å². The fourth-order valence-electron chi connectivity index (χ4n) is 8.06. The number of amides is 1. The van der Waals surface area contributed by atoms with Crippen LogP contribution in [0.1, 0.15) is 117 Å². The van der Waals surface area contributed by atoms with E-state index in [1.54, 1.807) is 26.0 Å². The number of esters is 1. The summed E-state index contributed by atoms with van der Waals surface area (Å²) in [6, 6.07) is 0. The number of ether oxygens (including phenoxy) is 4. The van der Waals surface area contributed by atoms with Crippen molar-refractivity contribution in [2.75, 3.05) is 13.2 Å². The van der Waals surface area contributed by atoms with Crippen LogP contribution in [0.2, 0.25) is 0 Å². The Morgan fingerprint density at radius 3 is 2.28 bits per heavy atom. The number of hydrogen-bond acceptors (Lipinski definition) is 9. The van der Waals surface area contributed by atoms with Gasteiger partial charge in [-0.25, -0.2) is 0 Å². The molecule has 1 amide bonds. The zero-order valence-corrected chi connectivity index (χ0v) is 33.1. The van der Waals surface area contributed by atoms with Crippen LogP contribution in [0.4, 0.5) is 0 Å². The summed E-state index contributed by atoms with van der Waals surface area (Å²) in [6.45, 7) is 20.5. The number of hydrogen-bond donors (Lipinski definition) is 2. The molecule has 4 aliphatic rings. The SMILES string of the molecule is CC(=O)OCCNC(=O)/C(C)=C\CC12OC(C)(C)C(C)C13Oc1c(CC=C(C)C)c4c(c(O)c1C(=O)C3=CC(C)C2=O)C=CC(C)(CCC=C(C)C)O4. The van der Waals surface area contributed by atoms with Gasteiger partial charge in [-0.05, 0) is 86.8 Å². The molecule has 0 radical (unpaired) electrons. The number of Topliss-reactive ketones (excluding diaryl/α,β-unsaturated/α-hetero) is 2. The number of ketones is 2. The molecule has 1 aromatic carbocycles. The van der Waals surface area contributed by atoms with Crippen molar-refractivity contribution < 1.29 is 43.2 Å². The van der Waals surface area contributed by atoms with Crippen molar-refractivity contribution in [2.45, 2.75) is 124 Å². The molecule has 3 heterocycles. The minimum absolute atomic E-state index is 0.0233. The van der Waals surface area contributed by atoms with Crippen LogP contribution >= 0.6 is 0 Å². The Morgan fingerprint density at radius 1 is 0.962 bits per heavy atom. The second-order valence-electron chi connectivity index (χ2n) is 16.2. The molecular formula is C43H55NO9. The van der Waals surface area contributed by atoms with Crippen LogP contribution in [0.5, 0.6) is 17.2 Å². The lowest BCUT2D eigenvalue weighted by molar-refractivity contribution is -0.169. The summed E-state index contributed by atoms with van der Waals surface area (Å²) in [7, 11) is 0. The maximum absolute atomic E-state index is 15.0. The maximum atomic E-state index is 15.0. The van der Waals surface area contributed by atoms with Crippen LogP contribution in [0.15, 0.2) is 52.7 Å². The van der Waals surface area contributed by atoms with E-state index in [2.05, 4.69) is 25.2 Å². The van der Waals surface area contributed by atoms with Crippen molar-refractivity contribution in [1.29, 1.82) is 0 Å². The molecule has 5 unspecified atom stereocenters. The highest BCUT2D eigenvalue weighted by Crippen LogP contribution is 2.64. The molecule has 53 heavy (non-hydrogen) atoms. The third kappa shape index (κ3) is 6.91. The Balaban J connectivity index is 1.69. The summed E-state index contributed by atoms with van der Waals surface area (Å²) in [5, 5.41) is 14.7. The Bertz CT molecular complexity index is 1890. The molecule has 1 aliphatic carbocycles. The van der Waals surface area contributed by atoms with Crippen LogP contribution in [0, 0.1) is 11.8 Å². The van der Waals surface area contributed by atoms with Gasteiger partial charge in [-0.2, -0.15) is 0 Å². The van der Waals surface area contributed by atoms with Crippen LogP contribution in [0.25, 0.3) is 6.08 Å². The molecule has 3 aliphatic heterocycles. The Morgan fingerprint density at radius 2 is 1.64 bits per heavy atom. The van der Waals surface area contributed by atoms with E-state index in [-0.39, 0.29) is 48.0 Å². The fraction of sp³-hybridized carbons (Fsp3) is 0.535. The van der Waals surface area contributed by atoms with Crippen molar-refractivity contribution >= 4 is 29.5 Å². The zero-order valence-electron chi connectivity index (χ0n) is 33.1. The summed E-state index contributed by atoms with van der Waals surface area (Å²) < 4.78 is 25.8. The number of aromatic hydroxyl groups is 1. The number of phenols is 1. The monoisotopic (exact) mass is 729 g/mol. The van der Waals surface area contributed by atoms with Crippen molar-refractivity contribution in [3.05, 3.63) is 69.4 Å². The first-order chi connectivity index (χ1) is 24.7. The zero-order chi connectivity index (χ0) is 39.3. The number of benzene rings is 1. The topological polar surface area (TPSA) is 137 Å². The van der Waals surface area contributed by atoms with Crippen molar-refractivity contribution in [3.63, 3.8) is 0 Å². The van der Waals surface area contributed by atoms with Crippen molar-refractivity contribution in [1.82, 2.24) is 5.32 Å². The van der Waals surface area contributed by atoms with Crippen molar-refractivity contribution in [3.8, 4) is 17.2 Å². The average molecular weight is 730 g/mol. The van der Waals surface area contributed by atoms with E-state index >= 15 is 4.79 Å². The van der Waals surface area contributed by atoms with Gasteiger partial charge in [0.2, 0.25) is 5.91 Å². The van der Waals surface area contributed by atoms with Crippen molar-refractivity contribution in [2.24, 2.45) is 11.8 Å². The first kappa shape index (κ1) is 39.8. The van der Waals surface area contributed by atoms with E-state index in [1.807, 2.05) is 59.8 Å². The third-order valence-electron chi connectivity index (χ3n) is 11.2. The Labute approximate surface area is 313 Å². The number of rotatable bonds is 11. The molecule has 1 saturated heterocycles. The number of nitrogens with one attached hydrogen (secondary N) is 1. The first-order valence-corrected chi connectivity index (χ1v) is 18.6. The van der Waals surface area contributed by atoms with E-state index in [1.165, 1.54) is 12.5 Å². The first-order valence-electron chi connectivity index (χ1n) is 18.6. The van der Waals surface area contributed by atoms with Gasteiger partial charge in [0.25, 0.3) is 0 Å². The maximum Gasteiger partial charge on any atom is 0.302 e. The molecule has 1 fully saturated rings. The normalized spacial score (nSPS) is 27.9. The highest BCUT2D eigenvalue weighted by molar-refractivity contribution is 6.18. The molecule has 2 N–H and O–H groups in total. The van der Waals surface area contributed by atoms with Gasteiger partial charge < -0.3 is 29.4 Å². The summed E-state index contributed by atoms with van der Waals surface area (Å²) in [5.74, 6) is -2.44. The minimum atomic E-state index is -1.70. The number of allylic oxidation sites excluding steroid dienone is 5. The third-order valence-corrected chi connectivity index (χ3v) is 11.2. The van der Waals surface area contributed by atoms with Crippen LogP contribution in [0.3, 0.4) is 0 Å². The molecule has 0 saturated carbocycles. The average Bonchev–Trinajstić information content (AvgIpc) is 3.24. The van der Waals surface area contributed by atoms with E-state index in [0.717, 1.165) is 12.0 Å². The molecule has 1 spiro atoms. The van der Waals surface area contributed by atoms with Crippen LogP contribution in [-0.4, -0.2) is 64.1 Å². The second-order valence-corrected chi connectivity index (χ2v) is 16.2. The number of phenolic OH excluding ortho intramolecular Hbond substituents is 1. The van der Waals surface area contributed by atoms with Gasteiger partial charge in [-0.3, -0.25) is 19.2 Å². The van der Waals surface area contributed by atoms with Gasteiger partial charge in [-0.1, -0.05) is 49.3 Å². The predicted molar refractivity (Wildman–Crippen MR) is 203 cm³/mol. The lowest BCUT2D eigenvalue weighted by Gasteiger charge is -2.52. The fourth-order valence-corrected chi connectivity index (χ4v) is 8.06. The second kappa shape index (κ2) is 14.4. The minimum Gasteiger partial charge on any atom is -0.506 e. The van der Waals surface area contributed by atoms with Gasteiger partial charge in [0.05, 0.1) is 17.7 Å². The number of fused-ring (bicyclic) bond motifs is 2. The van der Waals surface area contributed by atoms with Crippen LogP contribution in [-0.2, 0) is 30.3 Å². The standard InChI is InChI=1S/C43H55NO9/c1-24(2)13-12-18-41(11)19-17-30-34(46)33-35(47)32-23-27(6)38(48)42(20-16-26(5)39(49)44-21-22-50-29(8)45)43(32,28(7)40(9,10)53-42)52-37(33)31(36(30)51-41)15-14-25(3)4/h13-14,16-17,19,23,27-28,46H,12,15,18,20-22H2,1-11H3,(H,44,49)/b26-16-. The molecule has 1 aromatic rings. The van der Waals surface area contributed by atoms with Gasteiger partial charge in [0, 0.05) is 41.9 Å². The van der Waals surface area contributed by atoms with Gasteiger partial charge in [0.15, 0.2) is 22.8 Å². The summed E-state index contributed by atoms with van der Waals surface area (Å²) >= 11 is 0. The molecule has 0 bridgehead atoms. The van der Waals surface area contributed by atoms with Gasteiger partial charge in [-0.15, -0.1) is 0 Å². The Kier molecular flexibility index (Phi) is 10.8. The molecule has 10 heteroatoms. The number of carbonyl (C=O) groups excluding carboxylic acids is 4. The quantitative estimate of drug-likeness (QED) is 0.103. The summed E-state index contributed by atoms with van der Waals surface area (Å²) in [4.78, 5) is 54.0. The van der Waals surface area contributed by atoms with Crippen LogP contribution < -0.4 is 14.8 Å². The lowest BCUT2D eigenvalue weighted by atomic mass is 9.58. The van der Waals surface area contributed by atoms with Gasteiger partial charge >= 0.3 is 5.97 Å². The molecule has 10 nitrogen and oxygen atoms in total. The highest BCUT2D eigenvalue weighted by Gasteiger charge is 2.77. The van der Waals surface area contributed by atoms with E-state index in [4.69, 9.17) is 18.9 Å². The lowest BCUT2D eigenvalue weighted by Crippen LogP contribution is -2.68.